The second kappa shape index (κ2) is 16.7. The van der Waals surface area contributed by atoms with E-state index in [1.165, 1.54) is 0 Å². The van der Waals surface area contributed by atoms with Gasteiger partial charge in [-0.3, -0.25) is 13.9 Å². The normalized spacial score (nSPS) is 35.7. The number of ether oxygens (including phenoxy) is 4. The fourth-order valence-corrected chi connectivity index (χ4v) is 4.95. The first-order chi connectivity index (χ1) is 20.7. The Morgan fingerprint density at radius 3 is 1.78 bits per heavy atom. The number of rotatable bonds is 16. The number of aliphatic hydroxyl groups excluding tert-OH is 9. The molecule has 12 N–H and O–H groups in total. The van der Waals surface area contributed by atoms with Crippen molar-refractivity contribution in [3.63, 3.8) is 0 Å². The molecule has 0 unspecified atom stereocenters. The van der Waals surface area contributed by atoms with E-state index >= 15 is 0 Å². The average Bonchev–Trinajstić information content (AvgIpc) is 2.94. The van der Waals surface area contributed by atoms with E-state index in [2.05, 4.69) is 13.7 Å². The molecule has 2 fully saturated rings. The fourth-order valence-electron chi connectivity index (χ4n) is 4.34. The number of hydrogen-bond donors (Lipinski definition) is 12. The summed E-state index contributed by atoms with van der Waals surface area (Å²) >= 11 is 0. The molecule has 23 nitrogen and oxygen atoms in total. The Morgan fingerprint density at radius 2 is 1.29 bits per heavy atom. The van der Waals surface area contributed by atoms with Gasteiger partial charge < -0.3 is 70.2 Å². The van der Waals surface area contributed by atoms with Crippen LogP contribution in [0.5, 0.6) is 0 Å². The summed E-state index contributed by atoms with van der Waals surface area (Å²) in [5.41, 5.74) is 0. The van der Waals surface area contributed by atoms with Crippen LogP contribution in [0.4, 0.5) is 0 Å². The van der Waals surface area contributed by atoms with Crippen LogP contribution in [0.2, 0.25) is 0 Å². The third kappa shape index (κ3) is 11.4. The molecule has 0 saturated carbocycles. The quantitative estimate of drug-likeness (QED) is 0.0662. The van der Waals surface area contributed by atoms with Crippen LogP contribution >= 0.6 is 0 Å². The highest BCUT2D eigenvalue weighted by molar-refractivity contribution is 7.81. The Balaban J connectivity index is 2.47. The molecule has 2 heterocycles. The number of carbonyl (C=O) groups is 1. The number of nitrogens with one attached hydrogen (secondary N) is 1. The minimum atomic E-state index is -5.23. The zero-order valence-electron chi connectivity index (χ0n) is 23.1. The molecule has 25 heteroatoms. The molecule has 0 aromatic carbocycles. The molecule has 2 saturated heterocycles. The molecule has 0 aromatic rings. The first kappa shape index (κ1) is 39.9. The Hall–Kier alpha value is -1.31. The number of hydrogen-bond acceptors (Lipinski definition) is 20. The summed E-state index contributed by atoms with van der Waals surface area (Å²) in [5, 5.41) is 93.3. The first-order valence-corrected chi connectivity index (χ1v) is 15.5. The molecule has 266 valence electrons. The van der Waals surface area contributed by atoms with Gasteiger partial charge in [0.2, 0.25) is 5.91 Å². The van der Waals surface area contributed by atoms with Gasteiger partial charge in [0.1, 0.15) is 73.2 Å². The molecule has 45 heavy (non-hydrogen) atoms. The topological polar surface area (TPSA) is 375 Å². The van der Waals surface area contributed by atoms with Crippen LogP contribution in [0.3, 0.4) is 0 Å². The van der Waals surface area contributed by atoms with Crippen LogP contribution in [0.15, 0.2) is 0 Å². The van der Waals surface area contributed by atoms with Crippen molar-refractivity contribution in [3.8, 4) is 0 Å². The van der Waals surface area contributed by atoms with Crippen molar-refractivity contribution in [3.05, 3.63) is 0 Å². The van der Waals surface area contributed by atoms with Crippen LogP contribution in [-0.4, -0.2) is 190 Å². The van der Waals surface area contributed by atoms with Gasteiger partial charge in [0.25, 0.3) is 0 Å². The smallest absolute Gasteiger partial charge is 0.394 e. The Kier molecular flexibility index (Phi) is 14.8. The number of amides is 1. The zero-order chi connectivity index (χ0) is 34.4. The summed E-state index contributed by atoms with van der Waals surface area (Å²) < 4.78 is 92.5. The molecule has 0 aromatic heterocycles. The van der Waals surface area contributed by atoms with E-state index in [1.807, 2.05) is 0 Å². The highest BCUT2D eigenvalue weighted by Crippen LogP contribution is 2.31. The summed E-state index contributed by atoms with van der Waals surface area (Å²) in [6, 6.07) is -1.81. The summed E-state index contributed by atoms with van der Waals surface area (Å²) in [4.78, 5) is 12.0. The second-order valence-corrected chi connectivity index (χ2v) is 12.1. The predicted molar refractivity (Wildman–Crippen MR) is 136 cm³/mol. The minimum absolute atomic E-state index is 0.882. The summed E-state index contributed by atoms with van der Waals surface area (Å²) in [6.45, 7) is -3.59. The van der Waals surface area contributed by atoms with Gasteiger partial charge in [-0.1, -0.05) is 0 Å². The van der Waals surface area contributed by atoms with Crippen LogP contribution in [0.25, 0.3) is 0 Å². The van der Waals surface area contributed by atoms with Crippen molar-refractivity contribution in [2.45, 2.75) is 92.7 Å². The fraction of sp³-hybridized carbons (Fsp3) is 0.950. The molecule has 0 bridgehead atoms. The zero-order valence-corrected chi connectivity index (χ0v) is 24.8. The lowest BCUT2D eigenvalue weighted by Crippen LogP contribution is -2.68. The van der Waals surface area contributed by atoms with E-state index in [-0.39, 0.29) is 0 Å². The van der Waals surface area contributed by atoms with E-state index in [9.17, 15) is 67.6 Å². The molecular weight excluding hydrogens is 670 g/mol. The van der Waals surface area contributed by atoms with Crippen molar-refractivity contribution in [2.75, 3.05) is 26.4 Å². The largest absolute Gasteiger partial charge is 0.397 e. The molecular formula is C20H37NO22S2. The van der Waals surface area contributed by atoms with E-state index in [4.69, 9.17) is 28.1 Å². The molecule has 0 radical (unpaired) electrons. The van der Waals surface area contributed by atoms with E-state index in [1.54, 1.807) is 0 Å². The van der Waals surface area contributed by atoms with Crippen LogP contribution in [0.1, 0.15) is 6.92 Å². The third-order valence-corrected chi connectivity index (χ3v) is 7.41. The van der Waals surface area contributed by atoms with Gasteiger partial charge in [0.05, 0.1) is 26.4 Å². The molecule has 1 amide bonds. The highest BCUT2D eigenvalue weighted by Gasteiger charge is 2.53. The van der Waals surface area contributed by atoms with Crippen LogP contribution in [-0.2, 0) is 52.9 Å². The molecule has 2 aliphatic rings. The van der Waals surface area contributed by atoms with Gasteiger partial charge in [-0.15, -0.1) is 0 Å². The van der Waals surface area contributed by atoms with Gasteiger partial charge in [-0.25, -0.2) is 8.37 Å². The number of aliphatic hydroxyl groups is 9. The second-order valence-electron chi connectivity index (χ2n) is 9.89. The Morgan fingerprint density at radius 1 is 0.778 bits per heavy atom. The summed E-state index contributed by atoms with van der Waals surface area (Å²) in [7, 11) is -10.3. The van der Waals surface area contributed by atoms with E-state index in [0.29, 0.717) is 0 Å². The lowest BCUT2D eigenvalue weighted by atomic mass is 9.95. The van der Waals surface area contributed by atoms with Crippen molar-refractivity contribution in [2.24, 2.45) is 0 Å². The molecule has 2 rings (SSSR count). The lowest BCUT2D eigenvalue weighted by molar-refractivity contribution is -0.354. The molecule has 2 aliphatic heterocycles. The standard InChI is InChI=1S/C20H37NO22S2/c1-6(24)21-11-14(29)18(43-20-16(31)15(30)13(28)9(40-20)4-38-44(32,33)34)10(5-39-45(35,36)37)41-19(11)42-17(8(26)3-23)12(27)7(25)2-22/h7-20,22-23,25-31H,2-5H2,1H3,(H,21,24)(H,32,33,34)(H,35,36,37)/t7-,8+,9+,10+,11+,12+,13-,14+,15-,16+,17-,18+,19-,20-/m0/s1. The number of carbonyl (C=O) groups excluding carboxylic acids is 1. The van der Waals surface area contributed by atoms with E-state index in [0.717, 1.165) is 6.92 Å². The SMILES string of the molecule is CC(=O)N[C@H]1[C@H](O[C@H]([C@H](O)[C@@H](O)CO)[C@H](O)CO)O[C@H](COS(=O)(=O)O)[C@@H](O[C@@H]2O[C@H](COS(=O)(=O)O)[C@H](O)[C@H](O)[C@H]2O)[C@@H]1O. The van der Waals surface area contributed by atoms with Gasteiger partial charge in [-0.2, -0.15) is 16.8 Å². The summed E-state index contributed by atoms with van der Waals surface area (Å²) in [5.74, 6) is -0.882. The van der Waals surface area contributed by atoms with Crippen LogP contribution < -0.4 is 5.32 Å². The molecule has 0 aliphatic carbocycles. The summed E-state index contributed by atoms with van der Waals surface area (Å²) in [6.07, 6.45) is -26.5. The van der Waals surface area contributed by atoms with E-state index < -0.39 is 139 Å². The Bertz CT molecular complexity index is 1160. The maximum atomic E-state index is 12.0. The van der Waals surface area contributed by atoms with Gasteiger partial charge in [0, 0.05) is 6.92 Å². The van der Waals surface area contributed by atoms with Crippen molar-refractivity contribution in [1.29, 1.82) is 0 Å². The maximum Gasteiger partial charge on any atom is 0.397 e. The minimum Gasteiger partial charge on any atom is -0.394 e. The van der Waals surface area contributed by atoms with Crippen molar-refractivity contribution in [1.82, 2.24) is 5.32 Å². The lowest BCUT2D eigenvalue weighted by Gasteiger charge is -2.48. The van der Waals surface area contributed by atoms with Gasteiger partial charge in [0.15, 0.2) is 12.6 Å². The van der Waals surface area contributed by atoms with Crippen molar-refractivity contribution < 1.29 is 104 Å². The van der Waals surface area contributed by atoms with Gasteiger partial charge in [-0.05, 0) is 0 Å². The maximum absolute atomic E-state index is 12.0. The van der Waals surface area contributed by atoms with Crippen molar-refractivity contribution >= 4 is 26.7 Å². The third-order valence-electron chi connectivity index (χ3n) is 6.54. The monoisotopic (exact) mass is 707 g/mol. The Labute approximate surface area is 255 Å². The first-order valence-electron chi connectivity index (χ1n) is 12.8. The molecule has 0 spiro atoms. The predicted octanol–water partition coefficient (Wildman–Crippen LogP) is -8.14. The van der Waals surface area contributed by atoms with Gasteiger partial charge >= 0.3 is 20.8 Å². The highest BCUT2D eigenvalue weighted by atomic mass is 32.3. The average molecular weight is 708 g/mol. The molecule has 14 atom stereocenters. The van der Waals surface area contributed by atoms with Crippen LogP contribution in [0, 0.1) is 0 Å².